The maximum Gasteiger partial charge on any atom is 0.349 e. The van der Waals surface area contributed by atoms with E-state index in [1.807, 2.05) is 52.0 Å². The van der Waals surface area contributed by atoms with Crippen LogP contribution in [0.15, 0.2) is 29.8 Å². The Labute approximate surface area is 178 Å². The first-order valence-electron chi connectivity index (χ1n) is 9.95. The highest BCUT2D eigenvalue weighted by Crippen LogP contribution is 2.20. The number of ether oxygens (including phenoxy) is 1. The molecule has 0 unspecified atom stereocenters. The summed E-state index contributed by atoms with van der Waals surface area (Å²) in [5, 5.41) is 12.1. The molecular formula is C24H29N3O3. The quantitative estimate of drug-likeness (QED) is 0.417. The summed E-state index contributed by atoms with van der Waals surface area (Å²) in [4.78, 5) is 24.5. The fourth-order valence-corrected chi connectivity index (χ4v) is 3.26. The van der Waals surface area contributed by atoms with E-state index in [1.54, 1.807) is 6.07 Å². The van der Waals surface area contributed by atoms with Crippen LogP contribution in [0.5, 0.6) is 0 Å². The van der Waals surface area contributed by atoms with Crippen LogP contribution in [0, 0.1) is 44.9 Å². The van der Waals surface area contributed by atoms with Crippen molar-refractivity contribution in [2.75, 3.05) is 11.9 Å². The lowest BCUT2D eigenvalue weighted by atomic mass is 10.1. The molecule has 2 rings (SSSR count). The molecule has 0 fully saturated rings. The molecule has 158 valence electrons. The summed E-state index contributed by atoms with van der Waals surface area (Å²) in [7, 11) is 0. The van der Waals surface area contributed by atoms with Crippen molar-refractivity contribution in [2.24, 2.45) is 5.92 Å². The number of rotatable bonds is 7. The number of nitrogens with zero attached hydrogens (tertiary/aromatic N) is 2. The number of hydrogen-bond acceptors (Lipinski definition) is 4. The SMILES string of the molecule is Cc1ccc(NC(=O)COC(=O)C(C#N)=Cc2cc(C)n(CC(C)C)c2C)c(C)c1. The predicted octanol–water partition coefficient (Wildman–Crippen LogP) is 4.47. The first-order chi connectivity index (χ1) is 14.1. The average Bonchev–Trinajstić information content (AvgIpc) is 2.93. The Balaban J connectivity index is 2.06. The van der Waals surface area contributed by atoms with Crippen molar-refractivity contribution < 1.29 is 14.3 Å². The van der Waals surface area contributed by atoms with Crippen LogP contribution < -0.4 is 5.32 Å². The van der Waals surface area contributed by atoms with Gasteiger partial charge in [0.2, 0.25) is 0 Å². The Bertz CT molecular complexity index is 1020. The summed E-state index contributed by atoms with van der Waals surface area (Å²) in [6.07, 6.45) is 1.52. The highest BCUT2D eigenvalue weighted by molar-refractivity contribution is 6.00. The topological polar surface area (TPSA) is 84.1 Å². The summed E-state index contributed by atoms with van der Waals surface area (Å²) in [5.74, 6) is -0.799. The number of aromatic nitrogens is 1. The second kappa shape index (κ2) is 9.93. The third-order valence-electron chi connectivity index (χ3n) is 4.79. The number of anilines is 1. The standard InChI is InChI=1S/C24H29N3O3/c1-15(2)13-27-18(5)10-20(19(27)6)11-21(12-25)24(29)30-14-23(28)26-22-8-7-16(3)9-17(22)4/h7-11,15H,13-14H2,1-6H3,(H,26,28). The molecule has 0 spiro atoms. The molecule has 1 aromatic carbocycles. The lowest BCUT2D eigenvalue weighted by molar-refractivity contribution is -0.142. The largest absolute Gasteiger partial charge is 0.451 e. The van der Waals surface area contributed by atoms with Gasteiger partial charge in [0.25, 0.3) is 5.91 Å². The maximum atomic E-state index is 12.3. The Morgan fingerprint density at radius 1 is 1.20 bits per heavy atom. The highest BCUT2D eigenvalue weighted by atomic mass is 16.5. The van der Waals surface area contributed by atoms with Crippen LogP contribution >= 0.6 is 0 Å². The summed E-state index contributed by atoms with van der Waals surface area (Å²) >= 11 is 0. The molecule has 0 radical (unpaired) electrons. The lowest BCUT2D eigenvalue weighted by Crippen LogP contribution is -2.21. The molecule has 0 bridgehead atoms. The van der Waals surface area contributed by atoms with Crippen LogP contribution in [0.25, 0.3) is 6.08 Å². The van der Waals surface area contributed by atoms with Gasteiger partial charge >= 0.3 is 5.97 Å². The summed E-state index contributed by atoms with van der Waals surface area (Å²) < 4.78 is 7.22. The molecule has 6 heteroatoms. The second-order valence-electron chi connectivity index (χ2n) is 7.94. The smallest absolute Gasteiger partial charge is 0.349 e. The minimum absolute atomic E-state index is 0.140. The van der Waals surface area contributed by atoms with Crippen LogP contribution in [0.4, 0.5) is 5.69 Å². The molecule has 0 atom stereocenters. The van der Waals surface area contributed by atoms with E-state index in [0.29, 0.717) is 11.6 Å². The van der Waals surface area contributed by atoms with E-state index in [1.165, 1.54) is 6.08 Å². The molecule has 1 amide bonds. The fourth-order valence-electron chi connectivity index (χ4n) is 3.26. The van der Waals surface area contributed by atoms with E-state index in [0.717, 1.165) is 34.6 Å². The first kappa shape index (κ1) is 23.0. The van der Waals surface area contributed by atoms with Gasteiger partial charge in [-0.05, 0) is 62.9 Å². The van der Waals surface area contributed by atoms with Gasteiger partial charge in [-0.2, -0.15) is 5.26 Å². The van der Waals surface area contributed by atoms with Crippen LogP contribution in [0.3, 0.4) is 0 Å². The Morgan fingerprint density at radius 3 is 2.50 bits per heavy atom. The van der Waals surface area contributed by atoms with Gasteiger partial charge in [-0.15, -0.1) is 0 Å². The number of aryl methyl sites for hydroxylation is 3. The Kier molecular flexibility index (Phi) is 7.60. The van der Waals surface area contributed by atoms with Gasteiger partial charge in [0.05, 0.1) is 0 Å². The van der Waals surface area contributed by atoms with Crippen molar-refractivity contribution in [3.8, 4) is 6.07 Å². The zero-order valence-corrected chi connectivity index (χ0v) is 18.5. The van der Waals surface area contributed by atoms with Gasteiger partial charge in [-0.25, -0.2) is 4.79 Å². The molecule has 1 aromatic heterocycles. The van der Waals surface area contributed by atoms with Crippen molar-refractivity contribution in [1.82, 2.24) is 4.57 Å². The maximum absolute atomic E-state index is 12.3. The number of nitrogens with one attached hydrogen (secondary N) is 1. The van der Waals surface area contributed by atoms with Gasteiger partial charge in [0.1, 0.15) is 11.6 Å². The molecule has 0 aliphatic heterocycles. The fraction of sp³-hybridized carbons (Fsp3) is 0.375. The molecule has 6 nitrogen and oxygen atoms in total. The number of carbonyl (C=O) groups excluding carboxylic acids is 2. The van der Waals surface area contributed by atoms with E-state index in [-0.39, 0.29) is 5.57 Å². The van der Waals surface area contributed by atoms with Gasteiger partial charge in [-0.3, -0.25) is 4.79 Å². The number of amides is 1. The van der Waals surface area contributed by atoms with Crippen molar-refractivity contribution >= 4 is 23.6 Å². The van der Waals surface area contributed by atoms with Crippen molar-refractivity contribution in [1.29, 1.82) is 5.26 Å². The van der Waals surface area contributed by atoms with E-state index < -0.39 is 18.5 Å². The summed E-state index contributed by atoms with van der Waals surface area (Å²) in [5.41, 5.74) is 5.37. The van der Waals surface area contributed by atoms with Gasteiger partial charge in [-0.1, -0.05) is 31.5 Å². The minimum atomic E-state index is -0.818. The molecule has 0 aliphatic carbocycles. The van der Waals surface area contributed by atoms with Crippen LogP contribution in [0.2, 0.25) is 0 Å². The van der Waals surface area contributed by atoms with Crippen LogP contribution in [-0.4, -0.2) is 23.1 Å². The number of carbonyl (C=O) groups is 2. The monoisotopic (exact) mass is 407 g/mol. The number of nitriles is 1. The van der Waals surface area contributed by atoms with Crippen molar-refractivity contribution in [3.63, 3.8) is 0 Å². The zero-order valence-electron chi connectivity index (χ0n) is 18.5. The molecule has 0 aliphatic rings. The molecular weight excluding hydrogens is 378 g/mol. The highest BCUT2D eigenvalue weighted by Gasteiger charge is 2.16. The Hall–Kier alpha value is -3.33. The third-order valence-corrected chi connectivity index (χ3v) is 4.79. The molecule has 0 saturated carbocycles. The summed E-state index contributed by atoms with van der Waals surface area (Å²) in [6, 6.07) is 9.47. The zero-order chi connectivity index (χ0) is 22.4. The molecule has 30 heavy (non-hydrogen) atoms. The predicted molar refractivity (Wildman–Crippen MR) is 118 cm³/mol. The Morgan fingerprint density at radius 2 is 1.90 bits per heavy atom. The molecule has 2 aromatic rings. The third kappa shape index (κ3) is 5.84. The van der Waals surface area contributed by atoms with Crippen LogP contribution in [-0.2, 0) is 20.9 Å². The second-order valence-corrected chi connectivity index (χ2v) is 7.94. The number of hydrogen-bond donors (Lipinski definition) is 1. The minimum Gasteiger partial charge on any atom is -0.451 e. The first-order valence-corrected chi connectivity index (χ1v) is 9.95. The molecule has 1 N–H and O–H groups in total. The van der Waals surface area contributed by atoms with E-state index in [2.05, 4.69) is 23.7 Å². The molecule has 0 saturated heterocycles. The number of esters is 1. The van der Waals surface area contributed by atoms with Gasteiger partial charge in [0.15, 0.2) is 6.61 Å². The van der Waals surface area contributed by atoms with E-state index in [4.69, 9.17) is 4.74 Å². The van der Waals surface area contributed by atoms with Crippen molar-refractivity contribution in [3.05, 3.63) is 57.9 Å². The van der Waals surface area contributed by atoms with E-state index in [9.17, 15) is 14.9 Å². The average molecular weight is 408 g/mol. The van der Waals surface area contributed by atoms with E-state index >= 15 is 0 Å². The van der Waals surface area contributed by atoms with Gasteiger partial charge in [0, 0.05) is 23.6 Å². The molecule has 1 heterocycles. The van der Waals surface area contributed by atoms with Crippen LogP contribution in [0.1, 0.15) is 41.9 Å². The number of benzene rings is 1. The van der Waals surface area contributed by atoms with Gasteiger partial charge < -0.3 is 14.6 Å². The summed E-state index contributed by atoms with van der Waals surface area (Å²) in [6.45, 7) is 12.5. The normalized spacial score (nSPS) is 11.3. The lowest BCUT2D eigenvalue weighted by Gasteiger charge is -2.12. The van der Waals surface area contributed by atoms with Crippen molar-refractivity contribution in [2.45, 2.75) is 48.1 Å².